The minimum absolute atomic E-state index is 0.0482. The lowest BCUT2D eigenvalue weighted by Gasteiger charge is -2.27. The lowest BCUT2D eigenvalue weighted by molar-refractivity contribution is -0.157. The zero-order chi connectivity index (χ0) is 20.4. The first-order valence-corrected chi connectivity index (χ1v) is 8.73. The van der Waals surface area contributed by atoms with Gasteiger partial charge in [-0.15, -0.1) is 0 Å². The van der Waals surface area contributed by atoms with Crippen molar-refractivity contribution in [2.75, 3.05) is 6.61 Å². The third kappa shape index (κ3) is 7.62. The molecule has 1 amide bonds. The van der Waals surface area contributed by atoms with Gasteiger partial charge in [0.05, 0.1) is 6.10 Å². The van der Waals surface area contributed by atoms with Gasteiger partial charge in [-0.05, 0) is 11.5 Å². The molecule has 1 rings (SSSR count). The highest BCUT2D eigenvalue weighted by atomic mass is 16.5. The van der Waals surface area contributed by atoms with Gasteiger partial charge in [-0.3, -0.25) is 9.59 Å². The molecule has 3 atom stereocenters. The Balaban J connectivity index is 2.96. The first-order chi connectivity index (χ1) is 12.8. The van der Waals surface area contributed by atoms with Crippen molar-refractivity contribution in [1.29, 1.82) is 0 Å². The molecular formula is C20H27NO6. The van der Waals surface area contributed by atoms with E-state index in [1.807, 2.05) is 6.07 Å². The summed E-state index contributed by atoms with van der Waals surface area (Å²) in [5.74, 6) is -2.41. The second-order valence-electron chi connectivity index (χ2n) is 6.43. The predicted molar refractivity (Wildman–Crippen MR) is 99.6 cm³/mol. The first-order valence-electron chi connectivity index (χ1n) is 8.73. The van der Waals surface area contributed by atoms with Crippen molar-refractivity contribution in [3.05, 3.63) is 48.6 Å². The van der Waals surface area contributed by atoms with Crippen molar-refractivity contribution in [2.45, 2.75) is 45.4 Å². The van der Waals surface area contributed by atoms with E-state index in [0.717, 1.165) is 5.56 Å². The van der Waals surface area contributed by atoms with Crippen LogP contribution in [0.2, 0.25) is 0 Å². The lowest BCUT2D eigenvalue weighted by Crippen LogP contribution is -2.54. The summed E-state index contributed by atoms with van der Waals surface area (Å²) >= 11 is 0. The van der Waals surface area contributed by atoms with Crippen LogP contribution in [0.3, 0.4) is 0 Å². The van der Waals surface area contributed by atoms with Crippen LogP contribution in [-0.2, 0) is 30.3 Å². The van der Waals surface area contributed by atoms with Crippen molar-refractivity contribution < 1.29 is 29.0 Å². The van der Waals surface area contributed by atoms with E-state index in [0.29, 0.717) is 0 Å². The third-order valence-electron chi connectivity index (χ3n) is 3.78. The fraction of sp³-hybridized carbons (Fsp3) is 0.450. The van der Waals surface area contributed by atoms with Gasteiger partial charge >= 0.3 is 11.9 Å². The molecule has 27 heavy (non-hydrogen) atoms. The van der Waals surface area contributed by atoms with Crippen molar-refractivity contribution in [3.63, 3.8) is 0 Å². The molecule has 1 aromatic rings. The molecule has 0 radical (unpaired) electrons. The summed E-state index contributed by atoms with van der Waals surface area (Å²) in [5.41, 5.74) is 0.786. The highest BCUT2D eigenvalue weighted by Gasteiger charge is 2.34. The molecule has 0 saturated heterocycles. The fourth-order valence-electron chi connectivity index (χ4n) is 2.36. The monoisotopic (exact) mass is 377 g/mol. The molecule has 0 aliphatic rings. The molecule has 7 nitrogen and oxygen atoms in total. The third-order valence-corrected chi connectivity index (χ3v) is 3.78. The number of hydrogen-bond acceptors (Lipinski definition) is 6. The van der Waals surface area contributed by atoms with Crippen molar-refractivity contribution >= 4 is 17.8 Å². The quantitative estimate of drug-likeness (QED) is 0.472. The van der Waals surface area contributed by atoms with Crippen LogP contribution >= 0.6 is 0 Å². The molecule has 0 saturated carbocycles. The van der Waals surface area contributed by atoms with Crippen LogP contribution in [0.1, 0.15) is 26.3 Å². The molecule has 0 bridgehead atoms. The Labute approximate surface area is 159 Å². The SMILES string of the molecule is C=CCOC(=O)[C@H](NC(=O)[C@@H](Cc1ccccc1)OC(C)=O)[C@@H](O)C(C)C. The second-order valence-corrected chi connectivity index (χ2v) is 6.43. The van der Waals surface area contributed by atoms with Crippen molar-refractivity contribution in [3.8, 4) is 0 Å². The molecule has 0 aliphatic heterocycles. The molecule has 0 spiro atoms. The number of ether oxygens (including phenoxy) is 2. The van der Waals surface area contributed by atoms with Crippen LogP contribution in [0.15, 0.2) is 43.0 Å². The highest BCUT2D eigenvalue weighted by Crippen LogP contribution is 2.11. The number of nitrogens with one attached hydrogen (secondary N) is 1. The van der Waals surface area contributed by atoms with Crippen LogP contribution in [0.25, 0.3) is 0 Å². The van der Waals surface area contributed by atoms with E-state index in [2.05, 4.69) is 11.9 Å². The predicted octanol–water partition coefficient (Wildman–Crippen LogP) is 1.39. The summed E-state index contributed by atoms with van der Waals surface area (Å²) < 4.78 is 10.1. The number of rotatable bonds is 10. The van der Waals surface area contributed by atoms with E-state index in [1.165, 1.54) is 13.0 Å². The van der Waals surface area contributed by atoms with Gasteiger partial charge < -0.3 is 19.9 Å². The van der Waals surface area contributed by atoms with Crippen LogP contribution < -0.4 is 5.32 Å². The Bertz CT molecular complexity index is 643. The number of aliphatic hydroxyl groups excluding tert-OH is 1. The van der Waals surface area contributed by atoms with Gasteiger partial charge in [-0.25, -0.2) is 4.79 Å². The Hall–Kier alpha value is -2.67. The van der Waals surface area contributed by atoms with E-state index in [-0.39, 0.29) is 18.9 Å². The average Bonchev–Trinajstić information content (AvgIpc) is 2.63. The molecule has 0 aromatic heterocycles. The number of amides is 1. The Kier molecular flexibility index (Phi) is 9.22. The minimum atomic E-state index is -1.29. The van der Waals surface area contributed by atoms with Gasteiger partial charge in [0, 0.05) is 13.3 Å². The summed E-state index contributed by atoms with van der Waals surface area (Å²) in [4.78, 5) is 36.3. The Morgan fingerprint density at radius 1 is 1.22 bits per heavy atom. The number of carbonyl (C=O) groups excluding carboxylic acids is 3. The Morgan fingerprint density at radius 3 is 2.37 bits per heavy atom. The van der Waals surface area contributed by atoms with Gasteiger partial charge in [0.1, 0.15) is 6.61 Å². The number of aliphatic hydroxyl groups is 1. The van der Waals surface area contributed by atoms with Gasteiger partial charge in [0.15, 0.2) is 12.1 Å². The van der Waals surface area contributed by atoms with Crippen LogP contribution in [0.4, 0.5) is 0 Å². The zero-order valence-corrected chi connectivity index (χ0v) is 15.9. The smallest absolute Gasteiger partial charge is 0.331 e. The molecule has 0 heterocycles. The second kappa shape index (κ2) is 11.1. The highest BCUT2D eigenvalue weighted by molar-refractivity contribution is 5.88. The van der Waals surface area contributed by atoms with E-state index in [4.69, 9.17) is 9.47 Å². The number of carbonyl (C=O) groups is 3. The van der Waals surface area contributed by atoms with Crippen molar-refractivity contribution in [1.82, 2.24) is 5.32 Å². The van der Waals surface area contributed by atoms with Gasteiger partial charge in [0.25, 0.3) is 5.91 Å². The van der Waals surface area contributed by atoms with E-state index < -0.39 is 36.1 Å². The minimum Gasteiger partial charge on any atom is -0.460 e. The van der Waals surface area contributed by atoms with Gasteiger partial charge in [0.2, 0.25) is 0 Å². The normalized spacial score (nSPS) is 14.0. The zero-order valence-electron chi connectivity index (χ0n) is 15.9. The summed E-state index contributed by atoms with van der Waals surface area (Å²) in [6.07, 6.45) is -0.784. The molecule has 148 valence electrons. The first kappa shape index (κ1) is 22.4. The number of benzene rings is 1. The molecular weight excluding hydrogens is 350 g/mol. The summed E-state index contributed by atoms with van der Waals surface area (Å²) in [7, 11) is 0. The maximum atomic E-state index is 12.7. The standard InChI is InChI=1S/C20H27NO6/c1-5-11-26-20(25)17(18(23)13(2)3)21-19(24)16(27-14(4)22)12-15-9-7-6-8-10-15/h5-10,13,16-18,23H,1,11-12H2,2-4H3,(H,21,24)/t16-,17-,18+/m1/s1. The fourth-order valence-corrected chi connectivity index (χ4v) is 2.36. The largest absolute Gasteiger partial charge is 0.460 e. The molecule has 0 fully saturated rings. The molecule has 0 unspecified atom stereocenters. The molecule has 2 N–H and O–H groups in total. The van der Waals surface area contributed by atoms with Crippen molar-refractivity contribution in [2.24, 2.45) is 5.92 Å². The van der Waals surface area contributed by atoms with Gasteiger partial charge in [-0.2, -0.15) is 0 Å². The van der Waals surface area contributed by atoms with E-state index in [1.54, 1.807) is 38.1 Å². The summed E-state index contributed by atoms with van der Waals surface area (Å²) in [6.45, 7) is 8.02. The topological polar surface area (TPSA) is 102 Å². The lowest BCUT2D eigenvalue weighted by atomic mass is 9.99. The number of hydrogen-bond donors (Lipinski definition) is 2. The molecule has 0 aliphatic carbocycles. The summed E-state index contributed by atoms with van der Waals surface area (Å²) in [6, 6.07) is 7.73. The van der Waals surface area contributed by atoms with Crippen LogP contribution in [0.5, 0.6) is 0 Å². The van der Waals surface area contributed by atoms with Crippen LogP contribution in [0, 0.1) is 5.92 Å². The maximum Gasteiger partial charge on any atom is 0.331 e. The van der Waals surface area contributed by atoms with E-state index in [9.17, 15) is 19.5 Å². The van der Waals surface area contributed by atoms with E-state index >= 15 is 0 Å². The molecule has 7 heteroatoms. The average molecular weight is 377 g/mol. The van der Waals surface area contributed by atoms with Gasteiger partial charge in [-0.1, -0.05) is 56.8 Å². The number of esters is 2. The maximum absolute atomic E-state index is 12.7. The summed E-state index contributed by atoms with van der Waals surface area (Å²) in [5, 5.41) is 12.8. The Morgan fingerprint density at radius 2 is 1.85 bits per heavy atom. The van der Waals surface area contributed by atoms with Crippen LogP contribution in [-0.4, -0.2) is 47.8 Å². The molecule has 1 aromatic carbocycles.